The second-order valence-corrected chi connectivity index (χ2v) is 5.56. The third-order valence-corrected chi connectivity index (χ3v) is 3.57. The van der Waals surface area contributed by atoms with E-state index in [1.54, 1.807) is 18.3 Å². The van der Waals surface area contributed by atoms with E-state index in [4.69, 9.17) is 10.2 Å². The predicted molar refractivity (Wildman–Crippen MR) is 97.4 cm³/mol. The van der Waals surface area contributed by atoms with Crippen LogP contribution in [0.2, 0.25) is 0 Å². The number of anilines is 2. The molecule has 0 aliphatic rings. The lowest BCUT2D eigenvalue weighted by Gasteiger charge is -2.21. The summed E-state index contributed by atoms with van der Waals surface area (Å²) < 4.78 is 0. The number of aliphatic hydroxyl groups excluding tert-OH is 2. The van der Waals surface area contributed by atoms with E-state index in [2.05, 4.69) is 10.5 Å². The number of carbonyl (C=O) groups is 1. The molecule has 1 atom stereocenters. The molecule has 0 saturated carbocycles. The minimum Gasteiger partial charge on any atom is -0.478 e. The Kier molecular flexibility index (Phi) is 6.50. The van der Waals surface area contributed by atoms with Crippen molar-refractivity contribution in [2.24, 2.45) is 5.10 Å². The fraction of sp³-hybridized carbons (Fsp3) is 0.222. The van der Waals surface area contributed by atoms with E-state index < -0.39 is 12.1 Å². The molecular formula is C18H21N3O4. The first-order chi connectivity index (χ1) is 12.0. The van der Waals surface area contributed by atoms with E-state index in [9.17, 15) is 9.90 Å². The Morgan fingerprint density at radius 2 is 1.84 bits per heavy atom. The fourth-order valence-electron chi connectivity index (χ4n) is 2.16. The van der Waals surface area contributed by atoms with Crippen LogP contribution < -0.4 is 10.3 Å². The van der Waals surface area contributed by atoms with Gasteiger partial charge in [0.2, 0.25) is 0 Å². The number of carboxylic acid groups (broad SMARTS) is 1. The lowest BCUT2D eigenvalue weighted by atomic mass is 10.2. The third kappa shape index (κ3) is 5.59. The van der Waals surface area contributed by atoms with Gasteiger partial charge in [-0.15, -0.1) is 0 Å². The number of benzene rings is 2. The quantitative estimate of drug-likeness (QED) is 0.429. The Morgan fingerprint density at radius 1 is 1.20 bits per heavy atom. The lowest BCUT2D eigenvalue weighted by molar-refractivity contribution is 0.0697. The Balaban J connectivity index is 1.92. The molecule has 0 aliphatic carbocycles. The number of aromatic carboxylic acids is 1. The molecule has 2 aromatic rings. The summed E-state index contributed by atoms with van der Waals surface area (Å²) in [6.07, 6.45) is 0.875. The van der Waals surface area contributed by atoms with Gasteiger partial charge in [0, 0.05) is 19.3 Å². The Hall–Kier alpha value is -2.90. The summed E-state index contributed by atoms with van der Waals surface area (Å²) in [7, 11) is 1.84. The lowest BCUT2D eigenvalue weighted by Crippen LogP contribution is -2.31. The highest BCUT2D eigenvalue weighted by atomic mass is 16.4. The molecule has 0 fully saturated rings. The molecule has 7 nitrogen and oxygen atoms in total. The maximum Gasteiger partial charge on any atom is 0.335 e. The Bertz CT molecular complexity index is 714. The summed E-state index contributed by atoms with van der Waals surface area (Å²) in [5, 5.41) is 31.3. The van der Waals surface area contributed by atoms with Gasteiger partial charge in [-0.1, -0.05) is 12.1 Å². The molecule has 132 valence electrons. The first-order valence-corrected chi connectivity index (χ1v) is 7.72. The van der Waals surface area contributed by atoms with Crippen molar-refractivity contribution in [3.8, 4) is 0 Å². The van der Waals surface area contributed by atoms with Gasteiger partial charge >= 0.3 is 5.97 Å². The van der Waals surface area contributed by atoms with E-state index >= 15 is 0 Å². The smallest absolute Gasteiger partial charge is 0.335 e. The van der Waals surface area contributed by atoms with Crippen LogP contribution in [0, 0.1) is 0 Å². The number of hydrogen-bond acceptors (Lipinski definition) is 6. The van der Waals surface area contributed by atoms with Crippen molar-refractivity contribution >= 4 is 23.6 Å². The topological polar surface area (TPSA) is 105 Å². The van der Waals surface area contributed by atoms with Crippen LogP contribution in [0.5, 0.6) is 0 Å². The SMILES string of the molecule is CN(CC(O)CO)c1ccc(/C=N/Nc2ccc(C(=O)O)cc2)cc1. The van der Waals surface area contributed by atoms with Gasteiger partial charge in [-0.05, 0) is 42.0 Å². The van der Waals surface area contributed by atoms with Crippen molar-refractivity contribution in [2.45, 2.75) is 6.10 Å². The first-order valence-electron chi connectivity index (χ1n) is 7.72. The van der Waals surface area contributed by atoms with Crippen LogP contribution in [-0.2, 0) is 0 Å². The molecule has 25 heavy (non-hydrogen) atoms. The molecule has 0 aliphatic heterocycles. The van der Waals surface area contributed by atoms with E-state index in [1.807, 2.05) is 36.2 Å². The molecule has 0 aromatic heterocycles. The molecule has 0 saturated heterocycles. The van der Waals surface area contributed by atoms with Crippen molar-refractivity contribution in [3.05, 3.63) is 59.7 Å². The highest BCUT2D eigenvalue weighted by molar-refractivity contribution is 5.88. The highest BCUT2D eigenvalue weighted by Gasteiger charge is 2.07. The van der Waals surface area contributed by atoms with Crippen LogP contribution >= 0.6 is 0 Å². The van der Waals surface area contributed by atoms with Crippen LogP contribution in [0.3, 0.4) is 0 Å². The second kappa shape index (κ2) is 8.81. The molecule has 7 heteroatoms. The second-order valence-electron chi connectivity index (χ2n) is 5.56. The summed E-state index contributed by atoms with van der Waals surface area (Å²) in [5.74, 6) is -0.966. The monoisotopic (exact) mass is 343 g/mol. The number of nitrogens with zero attached hydrogens (tertiary/aromatic N) is 2. The number of hydrazone groups is 1. The van der Waals surface area contributed by atoms with Crippen molar-refractivity contribution in [1.29, 1.82) is 0 Å². The summed E-state index contributed by atoms with van der Waals surface area (Å²) in [5.41, 5.74) is 5.55. The molecule has 2 rings (SSSR count). The third-order valence-electron chi connectivity index (χ3n) is 3.57. The standard InChI is InChI=1S/C18H21N3O4/c1-21(11-17(23)12-22)16-8-2-13(3-9-16)10-19-20-15-6-4-14(5-7-15)18(24)25/h2-10,17,20,22-23H,11-12H2,1H3,(H,24,25)/b19-10+. The van der Waals surface area contributed by atoms with Gasteiger partial charge < -0.3 is 20.2 Å². The van der Waals surface area contributed by atoms with E-state index in [0.29, 0.717) is 12.2 Å². The number of rotatable bonds is 8. The van der Waals surface area contributed by atoms with Gasteiger partial charge in [-0.3, -0.25) is 5.43 Å². The minimum absolute atomic E-state index is 0.223. The summed E-state index contributed by atoms with van der Waals surface area (Å²) in [4.78, 5) is 12.6. The summed E-state index contributed by atoms with van der Waals surface area (Å²) in [6.45, 7) is 0.0754. The molecule has 1 unspecified atom stereocenters. The largest absolute Gasteiger partial charge is 0.478 e. The minimum atomic E-state index is -0.966. The summed E-state index contributed by atoms with van der Waals surface area (Å²) >= 11 is 0. The average molecular weight is 343 g/mol. The maximum atomic E-state index is 10.8. The van der Waals surface area contributed by atoms with Crippen LogP contribution in [0.4, 0.5) is 11.4 Å². The molecule has 0 amide bonds. The fourth-order valence-corrected chi connectivity index (χ4v) is 2.16. The van der Waals surface area contributed by atoms with Gasteiger partial charge in [-0.25, -0.2) is 4.79 Å². The van der Waals surface area contributed by atoms with Crippen LogP contribution in [-0.4, -0.2) is 53.8 Å². The molecular weight excluding hydrogens is 322 g/mol. The first kappa shape index (κ1) is 18.4. The van der Waals surface area contributed by atoms with E-state index in [-0.39, 0.29) is 12.2 Å². The van der Waals surface area contributed by atoms with Crippen LogP contribution in [0.25, 0.3) is 0 Å². The predicted octanol–water partition coefficient (Wildman–Crippen LogP) is 1.62. The molecule has 0 radical (unpaired) electrons. The number of nitrogens with one attached hydrogen (secondary N) is 1. The maximum absolute atomic E-state index is 10.8. The highest BCUT2D eigenvalue weighted by Crippen LogP contribution is 2.14. The molecule has 2 aromatic carbocycles. The normalized spacial score (nSPS) is 12.1. The van der Waals surface area contributed by atoms with E-state index in [1.165, 1.54) is 12.1 Å². The number of aliphatic hydroxyl groups is 2. The van der Waals surface area contributed by atoms with Crippen molar-refractivity contribution < 1.29 is 20.1 Å². The van der Waals surface area contributed by atoms with E-state index in [0.717, 1.165) is 11.3 Å². The zero-order chi connectivity index (χ0) is 18.2. The number of hydrogen-bond donors (Lipinski definition) is 4. The molecule has 4 N–H and O–H groups in total. The van der Waals surface area contributed by atoms with Gasteiger partial charge in [0.15, 0.2) is 0 Å². The van der Waals surface area contributed by atoms with Crippen molar-refractivity contribution in [2.75, 3.05) is 30.5 Å². The van der Waals surface area contributed by atoms with Crippen LogP contribution in [0.1, 0.15) is 15.9 Å². The average Bonchev–Trinajstić information content (AvgIpc) is 2.62. The van der Waals surface area contributed by atoms with Gasteiger partial charge in [-0.2, -0.15) is 5.10 Å². The number of carboxylic acids is 1. The zero-order valence-corrected chi connectivity index (χ0v) is 13.8. The Labute approximate surface area is 145 Å². The van der Waals surface area contributed by atoms with Crippen LogP contribution in [0.15, 0.2) is 53.6 Å². The number of likely N-dealkylation sites (N-methyl/N-ethyl adjacent to an activating group) is 1. The Morgan fingerprint density at radius 3 is 2.40 bits per heavy atom. The molecule has 0 heterocycles. The van der Waals surface area contributed by atoms with Gasteiger partial charge in [0.05, 0.1) is 30.2 Å². The molecule has 0 spiro atoms. The van der Waals surface area contributed by atoms with Crippen molar-refractivity contribution in [1.82, 2.24) is 0 Å². The summed E-state index contributed by atoms with van der Waals surface area (Å²) in [6, 6.07) is 13.9. The molecule has 0 bridgehead atoms. The van der Waals surface area contributed by atoms with Crippen molar-refractivity contribution in [3.63, 3.8) is 0 Å². The zero-order valence-electron chi connectivity index (χ0n) is 13.8. The van der Waals surface area contributed by atoms with Gasteiger partial charge in [0.1, 0.15) is 0 Å². The van der Waals surface area contributed by atoms with Gasteiger partial charge in [0.25, 0.3) is 0 Å².